The van der Waals surface area contributed by atoms with Crippen molar-refractivity contribution in [3.63, 3.8) is 0 Å². The van der Waals surface area contributed by atoms with E-state index in [0.29, 0.717) is 24.9 Å². The van der Waals surface area contributed by atoms with Crippen molar-refractivity contribution >= 4 is 5.91 Å². The molecule has 5 nitrogen and oxygen atoms in total. The maximum Gasteiger partial charge on any atom is 0.251 e. The molecule has 1 aliphatic heterocycles. The van der Waals surface area contributed by atoms with Crippen molar-refractivity contribution in [2.45, 2.75) is 42.7 Å². The Bertz CT molecular complexity index is 916. The van der Waals surface area contributed by atoms with Gasteiger partial charge in [-0.3, -0.25) is 9.69 Å². The first-order valence-electron chi connectivity index (χ1n) is 10.7. The molecule has 2 fully saturated rings. The number of hydrogen-bond donors (Lipinski definition) is 3. The predicted octanol–water partition coefficient (Wildman–Crippen LogP) is 3.24. The van der Waals surface area contributed by atoms with E-state index in [2.05, 4.69) is 16.8 Å². The number of carbonyl (C=O) groups excluding carboxylic acids is 1. The van der Waals surface area contributed by atoms with Crippen LogP contribution in [0.3, 0.4) is 0 Å². The van der Waals surface area contributed by atoms with Crippen LogP contribution in [0.4, 0.5) is 0 Å². The van der Waals surface area contributed by atoms with Crippen LogP contribution in [-0.2, 0) is 5.41 Å². The third kappa shape index (κ3) is 3.75. The number of likely N-dealkylation sites (tertiary alicyclic amines) is 1. The van der Waals surface area contributed by atoms with Crippen molar-refractivity contribution < 1.29 is 15.0 Å². The Kier molecular flexibility index (Phi) is 5.67. The number of β-amino-alcohol motifs (C(OH)–C–C–N with tert-alkyl or cyclic N) is 1. The highest BCUT2D eigenvalue weighted by atomic mass is 16.3. The van der Waals surface area contributed by atoms with Crippen molar-refractivity contribution in [3.05, 3.63) is 78.4 Å². The van der Waals surface area contributed by atoms with Gasteiger partial charge in [0, 0.05) is 30.1 Å². The van der Waals surface area contributed by atoms with Crippen LogP contribution in [0.5, 0.6) is 5.75 Å². The number of aliphatic hydroxyl groups is 1. The number of piperidine rings is 1. The van der Waals surface area contributed by atoms with Crippen LogP contribution < -0.4 is 5.32 Å². The molecule has 30 heavy (non-hydrogen) atoms. The lowest BCUT2D eigenvalue weighted by Gasteiger charge is -2.58. The summed E-state index contributed by atoms with van der Waals surface area (Å²) in [7, 11) is 0. The molecule has 3 atom stereocenters. The number of carbonyl (C=O) groups is 1. The number of hydrogen-bond acceptors (Lipinski definition) is 4. The average Bonchev–Trinajstić information content (AvgIpc) is 2.75. The molecule has 3 N–H and O–H groups in total. The summed E-state index contributed by atoms with van der Waals surface area (Å²) in [4.78, 5) is 15.0. The lowest BCUT2D eigenvalue weighted by atomic mass is 9.55. The van der Waals surface area contributed by atoms with Gasteiger partial charge in [0.1, 0.15) is 5.75 Å². The normalized spacial score (nSPS) is 29.0. The molecule has 2 aromatic carbocycles. The van der Waals surface area contributed by atoms with E-state index in [9.17, 15) is 15.0 Å². The number of nitrogens with zero attached hydrogens (tertiary/aromatic N) is 1. The number of benzene rings is 2. The first kappa shape index (κ1) is 20.6. The van der Waals surface area contributed by atoms with Gasteiger partial charge in [-0.1, -0.05) is 36.4 Å². The Hall–Kier alpha value is -2.63. The highest BCUT2D eigenvalue weighted by Gasteiger charge is 2.57. The summed E-state index contributed by atoms with van der Waals surface area (Å²) in [6.45, 7) is 5.98. The van der Waals surface area contributed by atoms with Crippen LogP contribution in [0.25, 0.3) is 0 Å². The van der Waals surface area contributed by atoms with Crippen molar-refractivity contribution in [3.8, 4) is 5.75 Å². The van der Waals surface area contributed by atoms with Crippen LogP contribution in [0.15, 0.2) is 67.3 Å². The summed E-state index contributed by atoms with van der Waals surface area (Å²) < 4.78 is 0. The molecule has 1 heterocycles. The molecule has 1 saturated carbocycles. The molecule has 1 saturated heterocycles. The van der Waals surface area contributed by atoms with Gasteiger partial charge in [-0.25, -0.2) is 0 Å². The second-order valence-electron chi connectivity index (χ2n) is 8.72. The van der Waals surface area contributed by atoms with Gasteiger partial charge in [0.25, 0.3) is 5.91 Å². The fourth-order valence-electron chi connectivity index (χ4n) is 5.38. The van der Waals surface area contributed by atoms with Crippen molar-refractivity contribution in [1.82, 2.24) is 10.2 Å². The SMILES string of the molecule is C=CCN1CCC2(c3cccc(O)c3)C[C@H](NC(=O)c3ccccc3)CCC2(O)C1. The quantitative estimate of drug-likeness (QED) is 0.667. The summed E-state index contributed by atoms with van der Waals surface area (Å²) in [6.07, 6.45) is 4.59. The van der Waals surface area contributed by atoms with Crippen molar-refractivity contribution in [2.24, 2.45) is 0 Å². The zero-order valence-corrected chi connectivity index (χ0v) is 17.3. The van der Waals surface area contributed by atoms with E-state index in [4.69, 9.17) is 0 Å². The highest BCUT2D eigenvalue weighted by molar-refractivity contribution is 5.94. The Morgan fingerprint density at radius 1 is 1.20 bits per heavy atom. The molecule has 5 heteroatoms. The smallest absolute Gasteiger partial charge is 0.251 e. The van der Waals surface area contributed by atoms with Gasteiger partial charge in [0.05, 0.1) is 5.60 Å². The maximum absolute atomic E-state index is 12.8. The Labute approximate surface area is 178 Å². The lowest BCUT2D eigenvalue weighted by molar-refractivity contribution is -0.123. The summed E-state index contributed by atoms with van der Waals surface area (Å²) in [5, 5.41) is 25.2. The van der Waals surface area contributed by atoms with E-state index in [0.717, 1.165) is 31.5 Å². The van der Waals surface area contributed by atoms with E-state index in [1.807, 2.05) is 48.5 Å². The number of phenolic OH excluding ortho intramolecular Hbond substituents is 1. The average molecular weight is 407 g/mol. The van der Waals surface area contributed by atoms with Gasteiger partial charge in [0.15, 0.2) is 0 Å². The minimum absolute atomic E-state index is 0.0358. The number of amides is 1. The molecule has 158 valence electrons. The fourth-order valence-corrected chi connectivity index (χ4v) is 5.38. The number of phenols is 1. The topological polar surface area (TPSA) is 72.8 Å². The highest BCUT2D eigenvalue weighted by Crippen LogP contribution is 2.52. The maximum atomic E-state index is 12.8. The lowest BCUT2D eigenvalue weighted by Crippen LogP contribution is -2.67. The molecule has 4 rings (SSSR count). The van der Waals surface area contributed by atoms with E-state index in [-0.39, 0.29) is 17.7 Å². The summed E-state index contributed by atoms with van der Waals surface area (Å²) in [6, 6.07) is 16.5. The minimum Gasteiger partial charge on any atom is -0.508 e. The minimum atomic E-state index is -0.921. The summed E-state index contributed by atoms with van der Waals surface area (Å²) >= 11 is 0. The van der Waals surface area contributed by atoms with Gasteiger partial charge in [-0.05, 0) is 62.1 Å². The second kappa shape index (κ2) is 8.25. The monoisotopic (exact) mass is 406 g/mol. The number of aromatic hydroxyl groups is 1. The number of nitrogens with one attached hydrogen (secondary N) is 1. The largest absolute Gasteiger partial charge is 0.508 e. The molecule has 2 aromatic rings. The van der Waals surface area contributed by atoms with Crippen molar-refractivity contribution in [2.75, 3.05) is 19.6 Å². The van der Waals surface area contributed by atoms with Crippen LogP contribution >= 0.6 is 0 Å². The molecule has 0 aromatic heterocycles. The fraction of sp³-hybridized carbons (Fsp3) is 0.400. The molecule has 2 aliphatic rings. The molecule has 0 bridgehead atoms. The second-order valence-corrected chi connectivity index (χ2v) is 8.72. The molecule has 0 radical (unpaired) electrons. The zero-order chi connectivity index (χ0) is 21.2. The first-order chi connectivity index (χ1) is 14.5. The standard InChI is InChI=1S/C25H30N2O3/c1-2-14-27-15-13-24(20-9-6-10-22(28)16-20)17-21(11-12-25(24,30)18-27)26-23(29)19-7-4-3-5-8-19/h2-10,16,21,28,30H,1,11-15,17-18H2,(H,26,29)/t21-,24?,25?/m1/s1. The molecule has 2 unspecified atom stereocenters. The zero-order valence-electron chi connectivity index (χ0n) is 17.3. The number of fused-ring (bicyclic) bond motifs is 1. The molecule has 1 aliphatic carbocycles. The van der Waals surface area contributed by atoms with Gasteiger partial charge >= 0.3 is 0 Å². The third-order valence-electron chi connectivity index (χ3n) is 6.89. The first-order valence-corrected chi connectivity index (χ1v) is 10.7. The van der Waals surface area contributed by atoms with E-state index < -0.39 is 11.0 Å². The van der Waals surface area contributed by atoms with Gasteiger partial charge in [-0.2, -0.15) is 0 Å². The summed E-state index contributed by atoms with van der Waals surface area (Å²) in [5.74, 6) is 0.120. The van der Waals surface area contributed by atoms with Gasteiger partial charge in [-0.15, -0.1) is 6.58 Å². The van der Waals surface area contributed by atoms with Crippen LogP contribution in [0.2, 0.25) is 0 Å². The van der Waals surface area contributed by atoms with E-state index >= 15 is 0 Å². The van der Waals surface area contributed by atoms with E-state index in [1.54, 1.807) is 12.1 Å². The van der Waals surface area contributed by atoms with Crippen LogP contribution in [0, 0.1) is 0 Å². The van der Waals surface area contributed by atoms with Gasteiger partial charge in [0.2, 0.25) is 0 Å². The summed E-state index contributed by atoms with van der Waals surface area (Å²) in [5.41, 5.74) is 0.152. The Balaban J connectivity index is 1.63. The van der Waals surface area contributed by atoms with Gasteiger partial charge < -0.3 is 15.5 Å². The molecule has 0 spiro atoms. The predicted molar refractivity (Wildman–Crippen MR) is 118 cm³/mol. The van der Waals surface area contributed by atoms with Crippen LogP contribution in [0.1, 0.15) is 41.6 Å². The Morgan fingerprint density at radius 2 is 2.00 bits per heavy atom. The molecular formula is C25H30N2O3. The molecular weight excluding hydrogens is 376 g/mol. The van der Waals surface area contributed by atoms with Crippen LogP contribution in [-0.4, -0.2) is 52.3 Å². The third-order valence-corrected chi connectivity index (χ3v) is 6.89. The van der Waals surface area contributed by atoms with E-state index in [1.165, 1.54) is 0 Å². The molecule has 1 amide bonds. The Morgan fingerprint density at radius 3 is 2.73 bits per heavy atom. The van der Waals surface area contributed by atoms with Crippen molar-refractivity contribution in [1.29, 1.82) is 0 Å². The number of rotatable bonds is 5.